The number of pyridine rings is 1. The molecule has 2 heterocycles. The number of nitrogens with one attached hydrogen (secondary N) is 2. The number of nitrogens with zero attached hydrogens (tertiary/aromatic N) is 3. The van der Waals surface area contributed by atoms with Crippen molar-refractivity contribution in [2.75, 3.05) is 31.6 Å². The van der Waals surface area contributed by atoms with Gasteiger partial charge < -0.3 is 15.5 Å². The van der Waals surface area contributed by atoms with Crippen molar-refractivity contribution in [1.82, 2.24) is 15.6 Å². The highest BCUT2D eigenvalue weighted by Crippen LogP contribution is 2.25. The third-order valence-corrected chi connectivity index (χ3v) is 4.96. The van der Waals surface area contributed by atoms with E-state index in [0.717, 1.165) is 44.3 Å². The number of halogens is 2. The normalized spacial score (nSPS) is 20.2. The zero-order valence-electron chi connectivity index (χ0n) is 14.7. The molecule has 3 rings (SSSR count). The molecule has 0 radical (unpaired) electrons. The number of hydrogen-bond donors (Lipinski definition) is 2. The standard InChI is InChI=1S/C18H26ClN5.HI/c1-20-18(22-11-8-14-5-2-3-6-14)23-15-9-12-24(13-15)17-16(19)7-4-10-21-17;/h4-5,7,10,15H,2-3,6,8-9,11-13H2,1H3,(H2,20,22,23);1H. The van der Waals surface area contributed by atoms with Crippen LogP contribution < -0.4 is 15.5 Å². The molecule has 7 heteroatoms. The molecule has 1 atom stereocenters. The first-order valence-corrected chi connectivity index (χ1v) is 9.14. The van der Waals surface area contributed by atoms with Crippen molar-refractivity contribution >= 4 is 47.4 Å². The van der Waals surface area contributed by atoms with Crippen LogP contribution in [-0.4, -0.2) is 43.7 Å². The van der Waals surface area contributed by atoms with Gasteiger partial charge in [-0.05, 0) is 44.2 Å². The number of aromatic nitrogens is 1. The molecule has 0 saturated carbocycles. The third-order valence-electron chi connectivity index (χ3n) is 4.66. The number of guanidine groups is 1. The van der Waals surface area contributed by atoms with E-state index in [1.165, 1.54) is 19.3 Å². The zero-order chi connectivity index (χ0) is 16.8. The Balaban J connectivity index is 0.00000225. The van der Waals surface area contributed by atoms with Crippen molar-refractivity contribution in [3.8, 4) is 0 Å². The highest BCUT2D eigenvalue weighted by molar-refractivity contribution is 14.0. The van der Waals surface area contributed by atoms with Gasteiger partial charge in [-0.25, -0.2) is 4.98 Å². The Morgan fingerprint density at radius 2 is 2.36 bits per heavy atom. The molecule has 2 aliphatic rings. The van der Waals surface area contributed by atoms with Gasteiger partial charge in [0.25, 0.3) is 0 Å². The summed E-state index contributed by atoms with van der Waals surface area (Å²) in [6.45, 7) is 2.79. The molecule has 1 aromatic heterocycles. The van der Waals surface area contributed by atoms with E-state index in [2.05, 4.69) is 31.6 Å². The van der Waals surface area contributed by atoms with E-state index >= 15 is 0 Å². The average Bonchev–Trinajstić information content (AvgIpc) is 3.26. The summed E-state index contributed by atoms with van der Waals surface area (Å²) in [4.78, 5) is 11.0. The Labute approximate surface area is 172 Å². The summed E-state index contributed by atoms with van der Waals surface area (Å²) in [7, 11) is 1.83. The van der Waals surface area contributed by atoms with Gasteiger partial charge >= 0.3 is 0 Å². The molecule has 1 unspecified atom stereocenters. The van der Waals surface area contributed by atoms with Gasteiger partial charge in [-0.15, -0.1) is 24.0 Å². The van der Waals surface area contributed by atoms with Crippen LogP contribution in [-0.2, 0) is 0 Å². The zero-order valence-corrected chi connectivity index (χ0v) is 17.8. The maximum atomic E-state index is 6.25. The summed E-state index contributed by atoms with van der Waals surface area (Å²) in [6, 6.07) is 4.12. The van der Waals surface area contributed by atoms with Crippen LogP contribution in [0.4, 0.5) is 5.82 Å². The SMILES string of the molecule is CN=C(NCCC1=CCCC1)NC1CCN(c2ncccc2Cl)C1.I. The fraction of sp³-hybridized carbons (Fsp3) is 0.556. The molecule has 0 amide bonds. The van der Waals surface area contributed by atoms with Crippen molar-refractivity contribution in [2.24, 2.45) is 4.99 Å². The molecule has 1 aliphatic heterocycles. The first-order valence-electron chi connectivity index (χ1n) is 8.77. The molecule has 25 heavy (non-hydrogen) atoms. The van der Waals surface area contributed by atoms with E-state index in [-0.39, 0.29) is 24.0 Å². The molecule has 138 valence electrons. The molecule has 1 aliphatic carbocycles. The minimum Gasteiger partial charge on any atom is -0.356 e. The Hall–Kier alpha value is -1.02. The summed E-state index contributed by atoms with van der Waals surface area (Å²) in [5.41, 5.74) is 1.58. The highest BCUT2D eigenvalue weighted by atomic mass is 127. The number of allylic oxidation sites excluding steroid dienone is 1. The lowest BCUT2D eigenvalue weighted by Crippen LogP contribution is -2.45. The molecule has 2 N–H and O–H groups in total. The van der Waals surface area contributed by atoms with Crippen LogP contribution in [0.5, 0.6) is 0 Å². The van der Waals surface area contributed by atoms with E-state index in [4.69, 9.17) is 11.6 Å². The van der Waals surface area contributed by atoms with Gasteiger partial charge in [-0.1, -0.05) is 23.3 Å². The van der Waals surface area contributed by atoms with Crippen LogP contribution in [0.2, 0.25) is 5.02 Å². The maximum absolute atomic E-state index is 6.25. The third kappa shape index (κ3) is 5.74. The number of aliphatic imine (C=N–C) groups is 1. The van der Waals surface area contributed by atoms with Crippen LogP contribution in [0.1, 0.15) is 32.1 Å². The minimum atomic E-state index is 0. The number of rotatable bonds is 5. The monoisotopic (exact) mass is 475 g/mol. The van der Waals surface area contributed by atoms with Gasteiger partial charge in [0.1, 0.15) is 5.82 Å². The van der Waals surface area contributed by atoms with Crippen LogP contribution in [0.25, 0.3) is 0 Å². The Kier molecular flexibility index (Phi) is 8.29. The Bertz CT molecular complexity index is 619. The van der Waals surface area contributed by atoms with Gasteiger partial charge in [0.15, 0.2) is 5.96 Å². The van der Waals surface area contributed by atoms with E-state index in [1.54, 1.807) is 11.8 Å². The van der Waals surface area contributed by atoms with Crippen LogP contribution >= 0.6 is 35.6 Å². The second-order valence-electron chi connectivity index (χ2n) is 6.39. The number of hydrogen-bond acceptors (Lipinski definition) is 3. The van der Waals surface area contributed by atoms with Crippen LogP contribution in [0.3, 0.4) is 0 Å². The molecule has 1 saturated heterocycles. The molecular formula is C18H27ClIN5. The fourth-order valence-corrected chi connectivity index (χ4v) is 3.62. The quantitative estimate of drug-likeness (QED) is 0.296. The van der Waals surface area contributed by atoms with Crippen molar-refractivity contribution in [2.45, 2.75) is 38.1 Å². The van der Waals surface area contributed by atoms with Gasteiger partial charge in [0.05, 0.1) is 5.02 Å². The highest BCUT2D eigenvalue weighted by Gasteiger charge is 2.25. The van der Waals surface area contributed by atoms with E-state index < -0.39 is 0 Å². The largest absolute Gasteiger partial charge is 0.356 e. The maximum Gasteiger partial charge on any atom is 0.191 e. The summed E-state index contributed by atoms with van der Waals surface area (Å²) in [5, 5.41) is 7.66. The van der Waals surface area contributed by atoms with Gasteiger partial charge in [0, 0.05) is 38.9 Å². The topological polar surface area (TPSA) is 52.6 Å². The lowest BCUT2D eigenvalue weighted by Gasteiger charge is -2.20. The Morgan fingerprint density at radius 3 is 3.08 bits per heavy atom. The smallest absolute Gasteiger partial charge is 0.191 e. The van der Waals surface area contributed by atoms with Crippen molar-refractivity contribution in [3.63, 3.8) is 0 Å². The summed E-state index contributed by atoms with van der Waals surface area (Å²) in [5.74, 6) is 1.76. The van der Waals surface area contributed by atoms with Crippen LogP contribution in [0, 0.1) is 0 Å². The molecule has 0 bridgehead atoms. The molecule has 5 nitrogen and oxygen atoms in total. The molecule has 0 spiro atoms. The average molecular weight is 476 g/mol. The van der Waals surface area contributed by atoms with Gasteiger partial charge in [-0.2, -0.15) is 0 Å². The van der Waals surface area contributed by atoms with E-state index in [1.807, 2.05) is 19.2 Å². The van der Waals surface area contributed by atoms with Crippen molar-refractivity contribution in [1.29, 1.82) is 0 Å². The predicted octanol–water partition coefficient (Wildman–Crippen LogP) is 3.60. The molecular weight excluding hydrogens is 449 g/mol. The minimum absolute atomic E-state index is 0. The lowest BCUT2D eigenvalue weighted by atomic mass is 10.2. The van der Waals surface area contributed by atoms with Gasteiger partial charge in [-0.3, -0.25) is 4.99 Å². The number of anilines is 1. The first-order chi connectivity index (χ1) is 11.8. The van der Waals surface area contributed by atoms with E-state index in [9.17, 15) is 0 Å². The Morgan fingerprint density at radius 1 is 1.48 bits per heavy atom. The summed E-state index contributed by atoms with van der Waals surface area (Å²) >= 11 is 6.25. The van der Waals surface area contributed by atoms with Crippen molar-refractivity contribution in [3.05, 3.63) is 35.0 Å². The summed E-state index contributed by atoms with van der Waals surface area (Å²) in [6.07, 6.45) is 10.2. The van der Waals surface area contributed by atoms with Crippen molar-refractivity contribution < 1.29 is 0 Å². The van der Waals surface area contributed by atoms with E-state index in [0.29, 0.717) is 11.1 Å². The predicted molar refractivity (Wildman–Crippen MR) is 116 cm³/mol. The molecule has 1 aromatic rings. The fourth-order valence-electron chi connectivity index (χ4n) is 3.37. The van der Waals surface area contributed by atoms with Gasteiger partial charge in [0.2, 0.25) is 0 Å². The van der Waals surface area contributed by atoms with Crippen LogP contribution in [0.15, 0.2) is 35.0 Å². The lowest BCUT2D eigenvalue weighted by molar-refractivity contribution is 0.647. The second-order valence-corrected chi connectivity index (χ2v) is 6.80. The summed E-state index contributed by atoms with van der Waals surface area (Å²) < 4.78 is 0. The molecule has 1 fully saturated rings. The second kappa shape index (κ2) is 10.2. The molecule has 0 aromatic carbocycles. The first kappa shape index (κ1) is 20.3.